The molecule has 0 saturated carbocycles. The summed E-state index contributed by atoms with van der Waals surface area (Å²) in [5, 5.41) is 0. The monoisotopic (exact) mass is 379 g/mol. The van der Waals surface area contributed by atoms with E-state index in [1.54, 1.807) is 0 Å². The predicted octanol–water partition coefficient (Wildman–Crippen LogP) is 2.58. The molecule has 0 bridgehead atoms. The van der Waals surface area contributed by atoms with Crippen molar-refractivity contribution < 1.29 is 22.7 Å². The molecule has 0 unspecified atom stereocenters. The third-order valence-corrected chi connectivity index (χ3v) is 4.57. The number of carbonyl (C=O) groups is 2. The van der Waals surface area contributed by atoms with Crippen LogP contribution in [-0.2, 0) is 19.6 Å². The highest BCUT2D eigenvalue weighted by molar-refractivity contribution is 8.00. The molecule has 1 N–H and O–H groups in total. The number of rotatable bonds is 8. The van der Waals surface area contributed by atoms with Crippen LogP contribution >= 0.6 is 11.8 Å². The molecule has 0 saturated heterocycles. The van der Waals surface area contributed by atoms with E-state index in [2.05, 4.69) is 4.72 Å². The Balaban J connectivity index is 1.80. The highest BCUT2D eigenvalue weighted by Gasteiger charge is 2.11. The summed E-state index contributed by atoms with van der Waals surface area (Å²) < 4.78 is 29.5. The maximum atomic E-state index is 12.0. The van der Waals surface area contributed by atoms with Crippen molar-refractivity contribution in [2.75, 3.05) is 23.3 Å². The smallest absolute Gasteiger partial charge is 0.316 e. The number of Topliss-reactive ketones (excluding diaryl/α,β-unsaturated/α-hetero) is 1. The Morgan fingerprint density at radius 1 is 1.04 bits per heavy atom. The van der Waals surface area contributed by atoms with Gasteiger partial charge in [0.15, 0.2) is 12.4 Å². The number of benzene rings is 2. The fourth-order valence-electron chi connectivity index (χ4n) is 1.87. The Bertz CT molecular complexity index is 833. The maximum absolute atomic E-state index is 12.0. The van der Waals surface area contributed by atoms with Crippen molar-refractivity contribution in [3.8, 4) is 0 Å². The summed E-state index contributed by atoms with van der Waals surface area (Å²) in [5.41, 5.74) is 0.692. The van der Waals surface area contributed by atoms with Gasteiger partial charge in [-0.1, -0.05) is 18.2 Å². The molecule has 6 nitrogen and oxygen atoms in total. The van der Waals surface area contributed by atoms with E-state index in [1.165, 1.54) is 36.0 Å². The molecule has 25 heavy (non-hydrogen) atoms. The van der Waals surface area contributed by atoms with Crippen LogP contribution in [0.4, 0.5) is 5.69 Å². The van der Waals surface area contributed by atoms with Gasteiger partial charge < -0.3 is 4.74 Å². The Morgan fingerprint density at radius 3 is 2.28 bits per heavy atom. The van der Waals surface area contributed by atoms with E-state index in [9.17, 15) is 18.0 Å². The number of esters is 1. The van der Waals surface area contributed by atoms with Gasteiger partial charge >= 0.3 is 5.97 Å². The van der Waals surface area contributed by atoms with Gasteiger partial charge in [-0.05, 0) is 36.4 Å². The van der Waals surface area contributed by atoms with Crippen LogP contribution < -0.4 is 4.72 Å². The van der Waals surface area contributed by atoms with E-state index >= 15 is 0 Å². The second-order valence-corrected chi connectivity index (χ2v) is 7.93. The minimum atomic E-state index is -3.37. The van der Waals surface area contributed by atoms with E-state index in [4.69, 9.17) is 4.74 Å². The van der Waals surface area contributed by atoms with E-state index in [0.29, 0.717) is 11.3 Å². The van der Waals surface area contributed by atoms with Crippen LogP contribution in [0.2, 0.25) is 0 Å². The number of thioether (sulfide) groups is 1. The van der Waals surface area contributed by atoms with Gasteiger partial charge in [-0.2, -0.15) is 0 Å². The summed E-state index contributed by atoms with van der Waals surface area (Å²) in [4.78, 5) is 24.6. The minimum Gasteiger partial charge on any atom is -0.457 e. The summed E-state index contributed by atoms with van der Waals surface area (Å²) in [5.74, 6) is -0.712. The third kappa shape index (κ3) is 6.98. The second kappa shape index (κ2) is 8.68. The first-order valence-electron chi connectivity index (χ1n) is 7.28. The van der Waals surface area contributed by atoms with Crippen LogP contribution in [0.1, 0.15) is 10.4 Å². The first-order valence-corrected chi connectivity index (χ1v) is 10.2. The van der Waals surface area contributed by atoms with Gasteiger partial charge in [-0.15, -0.1) is 11.8 Å². The Morgan fingerprint density at radius 2 is 1.68 bits per heavy atom. The number of ether oxygens (including phenoxy) is 1. The minimum absolute atomic E-state index is 0.120. The van der Waals surface area contributed by atoms with Crippen molar-refractivity contribution in [1.29, 1.82) is 0 Å². The molecule has 2 aromatic carbocycles. The quantitative estimate of drug-likeness (QED) is 0.431. The van der Waals surface area contributed by atoms with Gasteiger partial charge in [0.1, 0.15) is 0 Å². The zero-order chi connectivity index (χ0) is 18.3. The van der Waals surface area contributed by atoms with E-state index in [0.717, 1.165) is 11.2 Å². The number of hydrogen-bond donors (Lipinski definition) is 1. The van der Waals surface area contributed by atoms with Gasteiger partial charge in [0.05, 0.1) is 12.0 Å². The van der Waals surface area contributed by atoms with Gasteiger partial charge in [-0.3, -0.25) is 14.3 Å². The molecule has 0 aliphatic heterocycles. The highest BCUT2D eigenvalue weighted by Crippen LogP contribution is 2.17. The van der Waals surface area contributed by atoms with Crippen LogP contribution in [0.3, 0.4) is 0 Å². The van der Waals surface area contributed by atoms with Gasteiger partial charge in [0.25, 0.3) is 0 Å². The maximum Gasteiger partial charge on any atom is 0.316 e. The van der Waals surface area contributed by atoms with Crippen LogP contribution in [-0.4, -0.2) is 38.8 Å². The molecule has 0 atom stereocenters. The first-order chi connectivity index (χ1) is 11.8. The van der Waals surface area contributed by atoms with Crippen LogP contribution in [0.15, 0.2) is 59.5 Å². The Kier molecular flexibility index (Phi) is 6.60. The third-order valence-electron chi connectivity index (χ3n) is 2.97. The fraction of sp³-hybridized carbons (Fsp3) is 0.176. The lowest BCUT2D eigenvalue weighted by atomic mass is 10.1. The normalized spacial score (nSPS) is 10.9. The molecule has 0 fully saturated rings. The van der Waals surface area contributed by atoms with Crippen molar-refractivity contribution in [2.45, 2.75) is 4.90 Å². The summed E-state index contributed by atoms with van der Waals surface area (Å²) in [6.45, 7) is -0.354. The fourth-order valence-corrected chi connectivity index (χ4v) is 3.15. The molecule has 0 amide bonds. The number of carbonyl (C=O) groups excluding carboxylic acids is 2. The average molecular weight is 379 g/mol. The van der Waals surface area contributed by atoms with E-state index < -0.39 is 16.0 Å². The van der Waals surface area contributed by atoms with Gasteiger partial charge in [-0.25, -0.2) is 8.42 Å². The van der Waals surface area contributed by atoms with Crippen molar-refractivity contribution in [3.05, 3.63) is 60.2 Å². The second-order valence-electron chi connectivity index (χ2n) is 5.14. The Labute approximate surface area is 150 Å². The molecule has 0 spiro atoms. The molecular formula is C17H17NO5S2. The Hall–Kier alpha value is -2.32. The van der Waals surface area contributed by atoms with Crippen molar-refractivity contribution in [3.63, 3.8) is 0 Å². The summed E-state index contributed by atoms with van der Waals surface area (Å²) in [7, 11) is -3.37. The topological polar surface area (TPSA) is 89.5 Å². The molecule has 0 aromatic heterocycles. The van der Waals surface area contributed by atoms with Crippen LogP contribution in [0.25, 0.3) is 0 Å². The number of hydrogen-bond acceptors (Lipinski definition) is 6. The number of ketones is 1. The molecule has 0 aliphatic carbocycles. The lowest BCUT2D eigenvalue weighted by Gasteiger charge is -2.06. The zero-order valence-corrected chi connectivity index (χ0v) is 15.1. The molecule has 0 aliphatic rings. The van der Waals surface area contributed by atoms with Crippen molar-refractivity contribution >= 4 is 39.2 Å². The van der Waals surface area contributed by atoms with Gasteiger partial charge in [0.2, 0.25) is 10.0 Å². The number of sulfonamides is 1. The lowest BCUT2D eigenvalue weighted by molar-refractivity contribution is -0.139. The van der Waals surface area contributed by atoms with Crippen molar-refractivity contribution in [2.24, 2.45) is 0 Å². The van der Waals surface area contributed by atoms with Gasteiger partial charge in [0, 0.05) is 16.1 Å². The summed E-state index contributed by atoms with van der Waals surface area (Å²) in [6, 6.07) is 15.3. The van der Waals surface area contributed by atoms with Crippen LogP contribution in [0.5, 0.6) is 0 Å². The van der Waals surface area contributed by atoms with E-state index in [1.807, 2.05) is 30.3 Å². The summed E-state index contributed by atoms with van der Waals surface area (Å²) in [6.07, 6.45) is 1.04. The lowest BCUT2D eigenvalue weighted by Crippen LogP contribution is -2.15. The SMILES string of the molecule is CS(=O)(=O)Nc1ccc(C(=O)COC(=O)CSc2ccccc2)cc1. The molecule has 2 rings (SSSR count). The number of anilines is 1. The number of nitrogens with one attached hydrogen (secondary N) is 1. The molecular weight excluding hydrogens is 362 g/mol. The first kappa shape index (κ1) is 19.0. The standard InChI is InChI=1S/C17H17NO5S2/c1-25(21,22)18-14-9-7-13(8-10-14)16(19)11-23-17(20)12-24-15-5-3-2-4-6-15/h2-10,18H,11-12H2,1H3. The van der Waals surface area contributed by atoms with E-state index in [-0.39, 0.29) is 18.1 Å². The summed E-state index contributed by atoms with van der Waals surface area (Å²) >= 11 is 1.33. The molecule has 2 aromatic rings. The molecule has 132 valence electrons. The highest BCUT2D eigenvalue weighted by atomic mass is 32.2. The average Bonchev–Trinajstić information content (AvgIpc) is 2.58. The molecule has 0 radical (unpaired) electrons. The van der Waals surface area contributed by atoms with Crippen LogP contribution in [0, 0.1) is 0 Å². The van der Waals surface area contributed by atoms with Crippen molar-refractivity contribution in [1.82, 2.24) is 0 Å². The predicted molar refractivity (Wildman–Crippen MR) is 97.4 cm³/mol. The molecule has 8 heteroatoms. The molecule has 0 heterocycles. The largest absolute Gasteiger partial charge is 0.457 e. The zero-order valence-electron chi connectivity index (χ0n) is 13.5.